The van der Waals surface area contributed by atoms with Crippen molar-refractivity contribution in [3.63, 3.8) is 0 Å². The number of fused-ring (bicyclic) bond motifs is 7. The summed E-state index contributed by atoms with van der Waals surface area (Å²) in [7, 11) is -4.03. The van der Waals surface area contributed by atoms with Crippen LogP contribution < -0.4 is 33.7 Å². The van der Waals surface area contributed by atoms with Crippen molar-refractivity contribution in [3.8, 4) is 5.75 Å². The van der Waals surface area contributed by atoms with Crippen LogP contribution in [0.3, 0.4) is 0 Å². The number of hydrogen-bond donors (Lipinski definition) is 0. The molecular weight excluding hydrogens is 487 g/mol. The molecule has 0 aromatic heterocycles. The SMILES string of the molecule is O=S(=O)(Oc1cccc2c3c(ccc12)C1=C(CCC=C1)CC3)c1ccc2ccc3ccccc3c2c1.[H-].[Na+]. The normalized spacial score (nSPS) is 14.9. The van der Waals surface area contributed by atoms with Gasteiger partial charge < -0.3 is 5.61 Å². The molecule has 0 fully saturated rings. The molecule has 0 amide bonds. The van der Waals surface area contributed by atoms with Crippen molar-refractivity contribution in [2.45, 2.75) is 30.6 Å². The molecular formula is C32H25NaO3S. The quantitative estimate of drug-likeness (QED) is 0.192. The van der Waals surface area contributed by atoms with Crippen molar-refractivity contribution in [2.75, 3.05) is 0 Å². The van der Waals surface area contributed by atoms with E-state index in [0.29, 0.717) is 5.75 Å². The Morgan fingerprint density at radius 2 is 1.49 bits per heavy atom. The van der Waals surface area contributed by atoms with E-state index in [9.17, 15) is 8.42 Å². The van der Waals surface area contributed by atoms with E-state index in [2.05, 4.69) is 30.4 Å². The van der Waals surface area contributed by atoms with Crippen molar-refractivity contribution in [3.05, 3.63) is 114 Å². The van der Waals surface area contributed by atoms with Crippen LogP contribution in [0.1, 0.15) is 31.8 Å². The van der Waals surface area contributed by atoms with Crippen molar-refractivity contribution in [1.82, 2.24) is 0 Å². The van der Waals surface area contributed by atoms with Gasteiger partial charge in [0, 0.05) is 5.39 Å². The van der Waals surface area contributed by atoms with Gasteiger partial charge >= 0.3 is 39.7 Å². The fraction of sp³-hybridized carbons (Fsp3) is 0.125. The molecule has 0 atom stereocenters. The summed E-state index contributed by atoms with van der Waals surface area (Å²) in [5.41, 5.74) is 5.41. The van der Waals surface area contributed by atoms with E-state index in [1.165, 1.54) is 22.3 Å². The summed E-state index contributed by atoms with van der Waals surface area (Å²) in [6, 6.07) is 27.1. The van der Waals surface area contributed by atoms with Gasteiger partial charge in [-0.15, -0.1) is 0 Å². The van der Waals surface area contributed by atoms with Crippen LogP contribution >= 0.6 is 0 Å². The molecule has 0 bridgehead atoms. The van der Waals surface area contributed by atoms with Crippen molar-refractivity contribution in [2.24, 2.45) is 0 Å². The van der Waals surface area contributed by atoms with Crippen LogP contribution in [0.2, 0.25) is 0 Å². The average molecular weight is 513 g/mol. The van der Waals surface area contributed by atoms with Gasteiger partial charge in [0.15, 0.2) is 5.75 Å². The van der Waals surface area contributed by atoms with E-state index in [1.54, 1.807) is 18.2 Å². The molecule has 0 radical (unpaired) electrons. The zero-order valence-corrected chi connectivity index (χ0v) is 23.5. The summed E-state index contributed by atoms with van der Waals surface area (Å²) in [5, 5.41) is 5.88. The standard InChI is InChI=1S/C32H24O3S.Na.H/c33-36(34,24-16-14-23-13-12-21-6-2-4-9-26(21)31(23)20-24)35-32-11-5-10-27-29-17-15-22-7-1-3-8-25(22)28(29)18-19-30(27)32;;/h2-6,8-14,16,18-20H,1,7,15,17H2;;/q;+1;-1. The fourth-order valence-electron chi connectivity index (χ4n) is 5.82. The third kappa shape index (κ3) is 4.13. The summed E-state index contributed by atoms with van der Waals surface area (Å²) < 4.78 is 32.7. The van der Waals surface area contributed by atoms with Crippen molar-refractivity contribution >= 4 is 48.0 Å². The topological polar surface area (TPSA) is 43.4 Å². The van der Waals surface area contributed by atoms with Gasteiger partial charge in [0.05, 0.1) is 0 Å². The van der Waals surface area contributed by atoms with E-state index in [0.717, 1.165) is 58.0 Å². The molecule has 178 valence electrons. The van der Waals surface area contributed by atoms with E-state index in [-0.39, 0.29) is 35.9 Å². The fourth-order valence-corrected chi connectivity index (χ4v) is 6.79. The van der Waals surface area contributed by atoms with Gasteiger partial charge in [-0.3, -0.25) is 0 Å². The Labute approximate surface area is 240 Å². The maximum absolute atomic E-state index is 13.5. The van der Waals surface area contributed by atoms with Crippen molar-refractivity contribution < 1.29 is 43.6 Å². The second kappa shape index (κ2) is 9.45. The van der Waals surface area contributed by atoms with Gasteiger partial charge in [-0.05, 0) is 93.6 Å². The van der Waals surface area contributed by atoms with Gasteiger partial charge in [0.2, 0.25) is 0 Å². The van der Waals surface area contributed by atoms with Crippen LogP contribution in [-0.4, -0.2) is 8.42 Å². The summed E-state index contributed by atoms with van der Waals surface area (Å²) >= 11 is 0. The third-order valence-corrected chi connectivity index (χ3v) is 8.81. The van der Waals surface area contributed by atoms with Crippen LogP contribution in [0.25, 0.3) is 37.9 Å². The van der Waals surface area contributed by atoms with Crippen LogP contribution in [0, 0.1) is 0 Å². The smallest absolute Gasteiger partial charge is 1.00 e. The zero-order chi connectivity index (χ0) is 24.3. The van der Waals surface area contributed by atoms with E-state index in [1.807, 2.05) is 48.5 Å². The Balaban J connectivity index is 0.00000147. The second-order valence-electron chi connectivity index (χ2n) is 9.61. The molecule has 0 spiro atoms. The predicted molar refractivity (Wildman–Crippen MR) is 148 cm³/mol. The molecule has 7 rings (SSSR count). The first-order chi connectivity index (χ1) is 17.6. The van der Waals surface area contributed by atoms with E-state index < -0.39 is 10.1 Å². The summed E-state index contributed by atoms with van der Waals surface area (Å²) in [4.78, 5) is 0.156. The summed E-state index contributed by atoms with van der Waals surface area (Å²) in [6.45, 7) is 0. The number of rotatable bonds is 3. The molecule has 5 aromatic rings. The minimum absolute atomic E-state index is 0. The Bertz CT molecular complexity index is 1890. The van der Waals surface area contributed by atoms with Gasteiger partial charge in [0.1, 0.15) is 4.90 Å². The molecule has 3 nitrogen and oxygen atoms in total. The zero-order valence-electron chi connectivity index (χ0n) is 21.7. The second-order valence-corrected chi connectivity index (χ2v) is 11.2. The maximum atomic E-state index is 13.5. The number of hydrogen-bond acceptors (Lipinski definition) is 3. The van der Waals surface area contributed by atoms with Gasteiger partial charge in [-0.2, -0.15) is 8.42 Å². The number of allylic oxidation sites excluding steroid dienone is 4. The first kappa shape index (κ1) is 24.4. The minimum Gasteiger partial charge on any atom is -1.00 e. The van der Waals surface area contributed by atoms with E-state index in [4.69, 9.17) is 4.18 Å². The summed E-state index contributed by atoms with van der Waals surface area (Å²) in [6.07, 6.45) is 8.76. The van der Waals surface area contributed by atoms with E-state index >= 15 is 0 Å². The molecule has 2 aliphatic carbocycles. The first-order valence-electron chi connectivity index (χ1n) is 12.4. The Morgan fingerprint density at radius 1 is 0.703 bits per heavy atom. The molecule has 0 saturated carbocycles. The minimum atomic E-state index is -4.03. The molecule has 5 aromatic carbocycles. The maximum Gasteiger partial charge on any atom is 1.00 e. The van der Waals surface area contributed by atoms with Crippen LogP contribution in [-0.2, 0) is 16.5 Å². The van der Waals surface area contributed by atoms with Crippen LogP contribution in [0.15, 0.2) is 108 Å². The Morgan fingerprint density at radius 3 is 2.38 bits per heavy atom. The van der Waals surface area contributed by atoms with Gasteiger partial charge in [-0.25, -0.2) is 0 Å². The number of benzene rings is 5. The van der Waals surface area contributed by atoms with Gasteiger partial charge in [-0.1, -0.05) is 78.4 Å². The Hall–Kier alpha value is -2.89. The number of aryl methyl sites for hydroxylation is 1. The van der Waals surface area contributed by atoms with Crippen LogP contribution in [0.5, 0.6) is 5.75 Å². The predicted octanol–water partition coefficient (Wildman–Crippen LogP) is 5.08. The summed E-state index contributed by atoms with van der Waals surface area (Å²) in [5.74, 6) is 0.368. The average Bonchev–Trinajstić information content (AvgIpc) is 2.92. The molecule has 37 heavy (non-hydrogen) atoms. The molecule has 5 heteroatoms. The first-order valence-corrected chi connectivity index (χ1v) is 13.8. The molecule has 2 aliphatic rings. The monoisotopic (exact) mass is 512 g/mol. The van der Waals surface area contributed by atoms with Crippen molar-refractivity contribution in [1.29, 1.82) is 0 Å². The Kier molecular flexibility index (Phi) is 6.24. The molecule has 0 heterocycles. The third-order valence-electron chi connectivity index (χ3n) is 7.58. The molecule has 0 saturated heterocycles. The molecule has 0 N–H and O–H groups in total. The largest absolute Gasteiger partial charge is 1.00 e. The van der Waals surface area contributed by atoms with Crippen LogP contribution in [0.4, 0.5) is 0 Å². The molecule has 0 aliphatic heterocycles. The van der Waals surface area contributed by atoms with Gasteiger partial charge in [0.25, 0.3) is 0 Å². The molecule has 0 unspecified atom stereocenters.